The molecule has 1 aliphatic rings. The summed E-state index contributed by atoms with van der Waals surface area (Å²) in [6.07, 6.45) is 0.219. The van der Waals surface area contributed by atoms with Crippen molar-refractivity contribution in [1.29, 1.82) is 0 Å². The first-order valence-electron chi connectivity index (χ1n) is 6.20. The first kappa shape index (κ1) is 14.1. The molecule has 5 heteroatoms. The van der Waals surface area contributed by atoms with E-state index in [1.54, 1.807) is 0 Å². The van der Waals surface area contributed by atoms with Crippen LogP contribution in [0.1, 0.15) is 17.5 Å². The summed E-state index contributed by atoms with van der Waals surface area (Å²) in [6, 6.07) is 5.70. The lowest BCUT2D eigenvalue weighted by Crippen LogP contribution is -2.31. The largest absolute Gasteiger partial charge is 0.396 e. The molecule has 1 aromatic carbocycles. The number of benzene rings is 1. The average molecular weight is 279 g/mol. The number of aryl methyl sites for hydroxylation is 2. The van der Waals surface area contributed by atoms with Gasteiger partial charge in [-0.25, -0.2) is 4.90 Å². The van der Waals surface area contributed by atoms with Crippen LogP contribution in [0, 0.1) is 13.8 Å². The molecule has 1 N–H and O–H groups in total. The number of carbonyl (C=O) groups excluding carboxylic acids is 2. The number of amides is 2. The molecule has 0 radical (unpaired) electrons. The van der Waals surface area contributed by atoms with E-state index in [4.69, 9.17) is 5.11 Å². The Kier molecular flexibility index (Phi) is 4.27. The van der Waals surface area contributed by atoms with Crippen molar-refractivity contribution in [3.63, 3.8) is 0 Å². The number of carbonyl (C=O) groups is 2. The Bertz CT molecular complexity index is 495. The van der Waals surface area contributed by atoms with Gasteiger partial charge in [-0.3, -0.25) is 9.59 Å². The normalized spacial score (nSPS) is 19.3. The number of hydrogen-bond donors (Lipinski definition) is 1. The molecule has 4 nitrogen and oxygen atoms in total. The number of thioether (sulfide) groups is 1. The number of nitrogens with zero attached hydrogens (tertiary/aromatic N) is 1. The molecule has 1 aliphatic heterocycles. The fourth-order valence-electron chi connectivity index (χ4n) is 2.28. The molecule has 0 aliphatic carbocycles. The van der Waals surface area contributed by atoms with Gasteiger partial charge in [0.15, 0.2) is 0 Å². The van der Waals surface area contributed by atoms with Crippen molar-refractivity contribution in [2.24, 2.45) is 0 Å². The second kappa shape index (κ2) is 5.75. The van der Waals surface area contributed by atoms with Crippen LogP contribution in [0.5, 0.6) is 0 Å². The zero-order chi connectivity index (χ0) is 14.0. The van der Waals surface area contributed by atoms with E-state index < -0.39 is 0 Å². The van der Waals surface area contributed by atoms with E-state index in [2.05, 4.69) is 0 Å². The maximum atomic E-state index is 12.2. The molecule has 1 saturated heterocycles. The summed E-state index contributed by atoms with van der Waals surface area (Å²) < 4.78 is 0. The van der Waals surface area contributed by atoms with Crippen molar-refractivity contribution in [2.45, 2.75) is 25.5 Å². The van der Waals surface area contributed by atoms with Crippen LogP contribution in [-0.4, -0.2) is 34.5 Å². The maximum absolute atomic E-state index is 12.2. The highest BCUT2D eigenvalue weighted by Gasteiger charge is 2.39. The highest BCUT2D eigenvalue weighted by molar-refractivity contribution is 8.00. The van der Waals surface area contributed by atoms with Gasteiger partial charge in [0, 0.05) is 12.2 Å². The molecular formula is C14H17NO3S. The van der Waals surface area contributed by atoms with E-state index in [-0.39, 0.29) is 30.1 Å². The van der Waals surface area contributed by atoms with Crippen LogP contribution in [0.3, 0.4) is 0 Å². The molecule has 1 atom stereocenters. The molecule has 19 heavy (non-hydrogen) atoms. The third kappa shape index (κ3) is 2.98. The average Bonchev–Trinajstić information content (AvgIpc) is 2.60. The summed E-state index contributed by atoms with van der Waals surface area (Å²) in [5.41, 5.74) is 2.71. The molecule has 2 rings (SSSR count). The zero-order valence-corrected chi connectivity index (χ0v) is 11.9. The van der Waals surface area contributed by atoms with Gasteiger partial charge >= 0.3 is 0 Å². The summed E-state index contributed by atoms with van der Waals surface area (Å²) in [5, 5.41) is 8.44. The fourth-order valence-corrected chi connectivity index (χ4v) is 3.18. The number of aliphatic hydroxyl groups excluding tert-OH is 1. The molecule has 0 unspecified atom stereocenters. The van der Waals surface area contributed by atoms with Crippen molar-refractivity contribution in [1.82, 2.24) is 0 Å². The number of imide groups is 1. The van der Waals surface area contributed by atoms with Gasteiger partial charge in [0.1, 0.15) is 0 Å². The molecular weight excluding hydrogens is 262 g/mol. The van der Waals surface area contributed by atoms with Crippen LogP contribution >= 0.6 is 11.8 Å². The third-order valence-corrected chi connectivity index (χ3v) is 4.17. The van der Waals surface area contributed by atoms with Gasteiger partial charge in [0.25, 0.3) is 0 Å². The van der Waals surface area contributed by atoms with Gasteiger partial charge in [-0.1, -0.05) is 6.07 Å². The Hall–Kier alpha value is -1.33. The van der Waals surface area contributed by atoms with Crippen molar-refractivity contribution in [3.05, 3.63) is 29.3 Å². The van der Waals surface area contributed by atoms with Gasteiger partial charge in [-0.2, -0.15) is 0 Å². The van der Waals surface area contributed by atoms with Crippen LogP contribution in [0.25, 0.3) is 0 Å². The molecule has 1 heterocycles. The molecule has 1 aromatic rings. The van der Waals surface area contributed by atoms with E-state index in [9.17, 15) is 9.59 Å². The molecule has 2 amide bonds. The first-order chi connectivity index (χ1) is 9.02. The Morgan fingerprint density at radius 1 is 1.26 bits per heavy atom. The molecule has 0 bridgehead atoms. The lowest BCUT2D eigenvalue weighted by atomic mass is 10.1. The summed E-state index contributed by atoms with van der Waals surface area (Å²) in [4.78, 5) is 25.5. The van der Waals surface area contributed by atoms with E-state index >= 15 is 0 Å². The number of rotatable bonds is 4. The van der Waals surface area contributed by atoms with Crippen LogP contribution in [0.2, 0.25) is 0 Å². The van der Waals surface area contributed by atoms with E-state index in [1.165, 1.54) is 16.7 Å². The van der Waals surface area contributed by atoms with Crippen LogP contribution in [0.15, 0.2) is 18.2 Å². The molecule has 0 spiro atoms. The van der Waals surface area contributed by atoms with Gasteiger partial charge < -0.3 is 5.11 Å². The summed E-state index contributed by atoms with van der Waals surface area (Å²) in [6.45, 7) is 3.91. The number of aliphatic hydroxyl groups is 1. The van der Waals surface area contributed by atoms with E-state index in [1.807, 2.05) is 32.0 Å². The molecule has 102 valence electrons. The quantitative estimate of drug-likeness (QED) is 0.852. The minimum Gasteiger partial charge on any atom is -0.396 e. The van der Waals surface area contributed by atoms with Gasteiger partial charge in [0.05, 0.1) is 17.5 Å². The predicted octanol–water partition coefficient (Wildman–Crippen LogP) is 1.66. The van der Waals surface area contributed by atoms with Crippen LogP contribution in [-0.2, 0) is 9.59 Å². The SMILES string of the molecule is Cc1cc(C)cc(N2C(=O)C[C@@H](SCCO)C2=O)c1. The summed E-state index contributed by atoms with van der Waals surface area (Å²) in [5.74, 6) is 0.142. The number of hydrogen-bond acceptors (Lipinski definition) is 4. The van der Waals surface area contributed by atoms with Crippen LogP contribution in [0.4, 0.5) is 5.69 Å². The van der Waals surface area contributed by atoms with Gasteiger partial charge in [0.2, 0.25) is 11.8 Å². The van der Waals surface area contributed by atoms with Gasteiger partial charge in [-0.05, 0) is 37.1 Å². The second-order valence-electron chi connectivity index (χ2n) is 4.70. The molecule has 0 aromatic heterocycles. The maximum Gasteiger partial charge on any atom is 0.247 e. The third-order valence-electron chi connectivity index (χ3n) is 2.98. The Labute approximate surface area is 116 Å². The van der Waals surface area contributed by atoms with Crippen molar-refractivity contribution in [3.8, 4) is 0 Å². The molecule has 0 saturated carbocycles. The lowest BCUT2D eigenvalue weighted by molar-refractivity contribution is -0.121. The smallest absolute Gasteiger partial charge is 0.247 e. The van der Waals surface area contributed by atoms with E-state index in [0.717, 1.165) is 11.1 Å². The van der Waals surface area contributed by atoms with Gasteiger partial charge in [-0.15, -0.1) is 11.8 Å². The summed E-state index contributed by atoms with van der Waals surface area (Å²) >= 11 is 1.34. The minimum absolute atomic E-state index is 0.0200. The van der Waals surface area contributed by atoms with Crippen molar-refractivity contribution >= 4 is 29.3 Å². The standard InChI is InChI=1S/C14H17NO3S/c1-9-5-10(2)7-11(6-9)15-13(17)8-12(14(15)18)19-4-3-16/h5-7,12,16H,3-4,8H2,1-2H3/t12-/m1/s1. The summed E-state index contributed by atoms with van der Waals surface area (Å²) in [7, 11) is 0. The Balaban J connectivity index is 2.24. The topological polar surface area (TPSA) is 57.6 Å². The minimum atomic E-state index is -0.361. The van der Waals surface area contributed by atoms with Crippen molar-refractivity contribution < 1.29 is 14.7 Å². The number of anilines is 1. The second-order valence-corrected chi connectivity index (χ2v) is 6.01. The Morgan fingerprint density at radius 2 is 1.89 bits per heavy atom. The molecule has 1 fully saturated rings. The fraction of sp³-hybridized carbons (Fsp3) is 0.429. The van der Waals surface area contributed by atoms with E-state index in [0.29, 0.717) is 11.4 Å². The monoisotopic (exact) mass is 279 g/mol. The highest BCUT2D eigenvalue weighted by atomic mass is 32.2. The van der Waals surface area contributed by atoms with Crippen LogP contribution < -0.4 is 4.90 Å². The zero-order valence-electron chi connectivity index (χ0n) is 11.0. The Morgan fingerprint density at radius 3 is 2.47 bits per heavy atom. The predicted molar refractivity (Wildman–Crippen MR) is 76.4 cm³/mol. The van der Waals surface area contributed by atoms with Crippen molar-refractivity contribution in [2.75, 3.05) is 17.3 Å². The lowest BCUT2D eigenvalue weighted by Gasteiger charge is -2.16. The first-order valence-corrected chi connectivity index (χ1v) is 7.25. The highest BCUT2D eigenvalue weighted by Crippen LogP contribution is 2.30.